The minimum atomic E-state index is -4.87. The molecule has 0 aromatic heterocycles. The Morgan fingerprint density at radius 2 is 0.692 bits per heavy atom. The highest BCUT2D eigenvalue weighted by molar-refractivity contribution is 7.53. The Morgan fingerprint density at radius 1 is 0.487 bits per heavy atom. The zero-order valence-corrected chi connectivity index (χ0v) is 25.8. The summed E-state index contributed by atoms with van der Waals surface area (Å²) < 4.78 is 71.7. The number of hydrogen-bond donors (Lipinski definition) is 6. The molecule has 6 N–H and O–H groups in total. The third-order valence-corrected chi connectivity index (χ3v) is 8.00. The van der Waals surface area contributed by atoms with Crippen molar-refractivity contribution >= 4 is 22.8 Å². The van der Waals surface area contributed by atoms with E-state index < -0.39 is 78.5 Å². The topological polar surface area (TPSA) is 228 Å². The van der Waals surface area contributed by atoms with Crippen LogP contribution in [0.1, 0.15) is 41.5 Å². The second-order valence-corrected chi connectivity index (χ2v) is 15.9. The fraction of sp³-hybridized carbons (Fsp3) is 1.00. The molecule has 0 aliphatic heterocycles. The maximum Gasteiger partial charge on any atom is 0.353 e. The first-order valence-electron chi connectivity index (χ1n) is 12.6. The Hall–Kier alpha value is 0.210. The average molecular weight is 630 g/mol. The lowest BCUT2D eigenvalue weighted by Gasteiger charge is -2.50. The Labute approximate surface area is 229 Å². The molecule has 39 heavy (non-hydrogen) atoms. The van der Waals surface area contributed by atoms with Gasteiger partial charge in [-0.2, -0.15) is 0 Å². The summed E-state index contributed by atoms with van der Waals surface area (Å²) >= 11 is 0. The van der Waals surface area contributed by atoms with Crippen LogP contribution in [0.25, 0.3) is 0 Å². The molecule has 1 fully saturated rings. The average Bonchev–Trinajstić information content (AvgIpc) is 2.82. The van der Waals surface area contributed by atoms with Crippen molar-refractivity contribution < 1.29 is 71.5 Å². The van der Waals surface area contributed by atoms with Gasteiger partial charge < -0.3 is 44.2 Å². The molecule has 15 nitrogen and oxygen atoms in total. The number of aliphatic hydroxyl groups is 3. The molecule has 0 bridgehead atoms. The van der Waals surface area contributed by atoms with Gasteiger partial charge in [0.05, 0.1) is 0 Å². The van der Waals surface area contributed by atoms with Crippen LogP contribution < -0.4 is 0 Å². The van der Waals surface area contributed by atoms with E-state index in [1.54, 1.807) is 0 Å². The van der Waals surface area contributed by atoms with E-state index in [0.29, 0.717) is 0 Å². The van der Waals surface area contributed by atoms with E-state index >= 15 is 0 Å². The molecule has 0 heterocycles. The molecule has 1 aliphatic carbocycles. The lowest BCUT2D eigenvalue weighted by Crippen LogP contribution is -2.67. The van der Waals surface area contributed by atoms with Crippen molar-refractivity contribution in [3.05, 3.63) is 0 Å². The van der Waals surface area contributed by atoms with Crippen molar-refractivity contribution in [3.63, 3.8) is 0 Å². The van der Waals surface area contributed by atoms with E-state index in [4.69, 9.17) is 27.8 Å². The second kappa shape index (κ2) is 16.2. The summed E-state index contributed by atoms with van der Waals surface area (Å²) in [5.41, 5.74) is 0. The summed E-state index contributed by atoms with van der Waals surface area (Å²) in [5.74, 6) is -0.192. The van der Waals surface area contributed by atoms with E-state index in [9.17, 15) is 43.7 Å². The van der Waals surface area contributed by atoms with Gasteiger partial charge in [0.2, 0.25) is 0 Å². The van der Waals surface area contributed by atoms with Gasteiger partial charge in [0.15, 0.2) is 0 Å². The van der Waals surface area contributed by atoms with Crippen LogP contribution in [-0.4, -0.2) is 105 Å². The number of rotatable bonds is 18. The van der Waals surface area contributed by atoms with Crippen molar-refractivity contribution in [3.8, 4) is 0 Å². The maximum absolute atomic E-state index is 12.6. The molecule has 0 aromatic rings. The lowest BCUT2D eigenvalue weighted by atomic mass is 9.84. The van der Waals surface area contributed by atoms with Gasteiger partial charge in [-0.15, -0.1) is 0 Å². The van der Waals surface area contributed by atoms with E-state index in [-0.39, 0.29) is 37.6 Å². The first kappa shape index (κ1) is 37.2. The third-order valence-electron chi connectivity index (χ3n) is 5.20. The van der Waals surface area contributed by atoms with Crippen molar-refractivity contribution in [1.29, 1.82) is 0 Å². The molecule has 0 spiro atoms. The minimum Gasteiger partial charge on any atom is -0.384 e. The highest BCUT2D eigenvalue weighted by Crippen LogP contribution is 2.54. The molecule has 1 aliphatic rings. The van der Waals surface area contributed by atoms with Crippen LogP contribution in [0.15, 0.2) is 0 Å². The van der Waals surface area contributed by atoms with Crippen LogP contribution in [0.5, 0.6) is 0 Å². The molecule has 234 valence electrons. The molecular weight excluding hydrogens is 585 g/mol. The highest BCUT2D eigenvalue weighted by atomic mass is 31.2. The molecule has 7 unspecified atom stereocenters. The SMILES string of the molecule is CC(C)COC1C(OCC(C)C)C(OP(=O)(O)CO)C(OP(=O)(O)CO)C(OP(=O)(O)CO)C1OCC(C)C. The van der Waals surface area contributed by atoms with Crippen LogP contribution in [0, 0.1) is 17.8 Å². The Kier molecular flexibility index (Phi) is 15.4. The first-order valence-corrected chi connectivity index (χ1v) is 17.9. The normalized spacial score (nSPS) is 30.8. The van der Waals surface area contributed by atoms with Gasteiger partial charge in [-0.1, -0.05) is 41.5 Å². The fourth-order valence-corrected chi connectivity index (χ4v) is 5.69. The smallest absolute Gasteiger partial charge is 0.353 e. The van der Waals surface area contributed by atoms with Crippen LogP contribution in [-0.2, 0) is 41.5 Å². The van der Waals surface area contributed by atoms with Gasteiger partial charge >= 0.3 is 22.8 Å². The van der Waals surface area contributed by atoms with Gasteiger partial charge in [0.25, 0.3) is 0 Å². The maximum atomic E-state index is 12.6. The van der Waals surface area contributed by atoms with E-state index in [1.807, 2.05) is 41.5 Å². The first-order chi connectivity index (χ1) is 17.9. The van der Waals surface area contributed by atoms with Crippen LogP contribution in [0.4, 0.5) is 0 Å². The summed E-state index contributed by atoms with van der Waals surface area (Å²) in [4.78, 5) is 30.5. The third kappa shape index (κ3) is 12.5. The van der Waals surface area contributed by atoms with Gasteiger partial charge in [-0.05, 0) is 17.8 Å². The molecule has 0 amide bonds. The summed E-state index contributed by atoms with van der Waals surface area (Å²) in [6.07, 6.45) is -13.6. The van der Waals surface area contributed by atoms with Gasteiger partial charge in [0.1, 0.15) is 55.7 Å². The van der Waals surface area contributed by atoms with Crippen molar-refractivity contribution in [1.82, 2.24) is 0 Å². The molecular formula is C21H45O15P3. The Morgan fingerprint density at radius 3 is 0.897 bits per heavy atom. The van der Waals surface area contributed by atoms with Crippen molar-refractivity contribution in [2.45, 2.75) is 78.2 Å². The summed E-state index contributed by atoms with van der Waals surface area (Å²) in [7, 11) is -14.5. The van der Waals surface area contributed by atoms with Crippen LogP contribution >= 0.6 is 22.8 Å². The van der Waals surface area contributed by atoms with E-state index in [1.165, 1.54) is 0 Å². The Balaban J connectivity index is 3.90. The lowest BCUT2D eigenvalue weighted by molar-refractivity contribution is -0.249. The number of ether oxygens (including phenoxy) is 3. The standard InChI is InChI=1S/C21H45O15P3/c1-13(2)7-31-16-17(32-8-14(3)4)19(34-37(25,26)10-22)21(36-39(29,30)12-24)20(35-38(27,28)11-23)18(16)33-9-15(5)6/h13-24H,7-12H2,1-6H3,(H,25,26)(H,27,28)(H,29,30). The van der Waals surface area contributed by atoms with Gasteiger partial charge in [0, 0.05) is 19.8 Å². The van der Waals surface area contributed by atoms with Crippen LogP contribution in [0.3, 0.4) is 0 Å². The molecule has 0 aromatic carbocycles. The minimum absolute atomic E-state index is 0.0379. The van der Waals surface area contributed by atoms with Gasteiger partial charge in [-0.25, -0.2) is 0 Å². The molecule has 1 saturated carbocycles. The monoisotopic (exact) mass is 630 g/mol. The quantitative estimate of drug-likeness (QED) is 0.118. The summed E-state index contributed by atoms with van der Waals surface area (Å²) in [5, 5.41) is 28.4. The predicted octanol–water partition coefficient (Wildman–Crippen LogP) is 1.68. The molecule has 7 atom stereocenters. The van der Waals surface area contributed by atoms with Crippen LogP contribution in [0.2, 0.25) is 0 Å². The molecule has 18 heteroatoms. The predicted molar refractivity (Wildman–Crippen MR) is 139 cm³/mol. The zero-order chi connectivity index (χ0) is 30.2. The number of aliphatic hydroxyl groups excluding tert-OH is 3. The van der Waals surface area contributed by atoms with Crippen molar-refractivity contribution in [2.24, 2.45) is 17.8 Å². The van der Waals surface area contributed by atoms with E-state index in [2.05, 4.69) is 0 Å². The fourth-order valence-electron chi connectivity index (χ4n) is 3.63. The Bertz CT molecular complexity index is 820. The summed E-state index contributed by atoms with van der Waals surface area (Å²) in [6.45, 7) is 11.1. The molecule has 1 rings (SSSR count). The highest BCUT2D eigenvalue weighted by Gasteiger charge is 2.59. The second-order valence-electron chi connectivity index (χ2n) is 10.6. The zero-order valence-electron chi connectivity index (χ0n) is 23.1. The largest absolute Gasteiger partial charge is 0.384 e. The van der Waals surface area contributed by atoms with Crippen molar-refractivity contribution in [2.75, 3.05) is 38.9 Å². The van der Waals surface area contributed by atoms with E-state index in [0.717, 1.165) is 0 Å². The molecule has 0 saturated heterocycles. The molecule has 0 radical (unpaired) electrons. The van der Waals surface area contributed by atoms with Gasteiger partial charge in [-0.3, -0.25) is 27.3 Å². The summed E-state index contributed by atoms with van der Waals surface area (Å²) in [6, 6.07) is 0. The number of hydrogen-bond acceptors (Lipinski definition) is 12.